The summed E-state index contributed by atoms with van der Waals surface area (Å²) in [6, 6.07) is 0. The lowest BCUT2D eigenvalue weighted by molar-refractivity contribution is -0.152. The van der Waals surface area contributed by atoms with Crippen LogP contribution >= 0.6 is 0 Å². The molecule has 5 heterocycles. The number of esters is 1. The molecule has 438 valence electrons. The Labute approximate surface area is 468 Å². The Morgan fingerprint density at radius 2 is 1.56 bits per heavy atom. The van der Waals surface area contributed by atoms with Crippen molar-refractivity contribution in [2.24, 2.45) is 52.3 Å². The fourth-order valence-corrected chi connectivity index (χ4v) is 11.1. The van der Waals surface area contributed by atoms with E-state index in [9.17, 15) is 39.3 Å². The van der Waals surface area contributed by atoms with Crippen LogP contribution < -0.4 is 10.1 Å². The maximum Gasteiger partial charge on any atom is 0.416 e. The zero-order chi connectivity index (χ0) is 59.1. The fraction of sp³-hybridized carbons (Fsp3) is 0.610. The van der Waals surface area contributed by atoms with Gasteiger partial charge < -0.3 is 63.7 Å². The van der Waals surface area contributed by atoms with Crippen molar-refractivity contribution in [1.82, 2.24) is 20.0 Å². The van der Waals surface area contributed by atoms with Gasteiger partial charge in [0.1, 0.15) is 47.7 Å². The van der Waals surface area contributed by atoms with E-state index in [2.05, 4.69) is 24.1 Å². The van der Waals surface area contributed by atoms with E-state index in [1.54, 1.807) is 39.0 Å². The van der Waals surface area contributed by atoms with Crippen LogP contribution in [0.25, 0.3) is 0 Å². The molecule has 1 aromatic rings. The number of hydrogen-bond donors (Lipinski definition) is 4. The fourth-order valence-electron chi connectivity index (χ4n) is 11.1. The zero-order valence-electron chi connectivity index (χ0n) is 48.2. The molecule has 0 radical (unpaired) electrons. The maximum absolute atomic E-state index is 15.5. The number of phenols is 1. The van der Waals surface area contributed by atoms with Crippen LogP contribution in [0.4, 0.5) is 9.59 Å². The third kappa shape index (κ3) is 13.0. The van der Waals surface area contributed by atoms with Crippen molar-refractivity contribution < 1.29 is 77.4 Å². The van der Waals surface area contributed by atoms with Crippen LogP contribution in [0.3, 0.4) is 0 Å². The van der Waals surface area contributed by atoms with Crippen molar-refractivity contribution in [3.8, 4) is 11.5 Å². The Bertz CT molecular complexity index is 2710. The second kappa shape index (κ2) is 26.3. The second-order valence-electron chi connectivity index (χ2n) is 22.7. The number of aldehydes is 2. The molecule has 5 bridgehead atoms. The molecule has 0 saturated carbocycles. The zero-order valence-corrected chi connectivity index (χ0v) is 48.2. The molecule has 0 aromatic heterocycles. The topological polar surface area (TPSA) is 278 Å². The van der Waals surface area contributed by atoms with E-state index < -0.39 is 102 Å². The van der Waals surface area contributed by atoms with Gasteiger partial charge in [-0.2, -0.15) is 0 Å². The molecule has 7 rings (SSSR count). The number of rotatable bonds is 14. The average Bonchev–Trinajstić information content (AvgIpc) is 3.97. The summed E-state index contributed by atoms with van der Waals surface area (Å²) in [4.78, 5) is 118. The number of benzene rings is 1. The van der Waals surface area contributed by atoms with E-state index in [1.165, 1.54) is 38.0 Å². The molecule has 1 aromatic carbocycles. The van der Waals surface area contributed by atoms with Crippen molar-refractivity contribution >= 4 is 53.9 Å². The molecule has 80 heavy (non-hydrogen) atoms. The molecule has 5 aliphatic heterocycles. The number of ketones is 2. The van der Waals surface area contributed by atoms with Crippen LogP contribution in [-0.2, 0) is 38.1 Å². The van der Waals surface area contributed by atoms with Crippen LogP contribution in [0, 0.1) is 54.3 Å². The Kier molecular flexibility index (Phi) is 20.5. The number of piperidine rings is 1. The molecule has 3 amide bonds. The number of likely N-dealkylation sites (tertiary alicyclic amines) is 1. The predicted octanol–water partition coefficient (Wildman–Crippen LogP) is 6.93. The molecule has 9 atom stereocenters. The van der Waals surface area contributed by atoms with Gasteiger partial charge in [-0.25, -0.2) is 14.5 Å². The lowest BCUT2D eigenvalue weighted by Gasteiger charge is -2.43. The number of aliphatic hydroxyl groups is 2. The first kappa shape index (κ1) is 62.5. The standard InChI is InChI=1S/C59H81N5O16/c1-13-42(67)77-31-78-56(74)63(22-15-18-41(29-65)30-66)25-27-76-57(75)64-48-46(61-59(64)20-23-62(24-21-59)28-32(2)3)43-44-51(70)40(11)53-45(43)54(72)58(12,80-53)79-26-19-33(4)36(7)37(8)38(9)50(69)39(10)49(68)34(5)16-14-17-35(6)55(73)60-47(48)52(44)71/h14,16-17,19,26,29-30,32-34,36-39,41,49-50,68-70H,13,15,18,20-25,27-28,31H2,1-12H3,(H,60,73)/b16-14+,26-19+,35-17-/t33-,34-,36+,37+,38-,39+,49-,50-,58-/m0/s1. The van der Waals surface area contributed by atoms with Crippen molar-refractivity contribution in [2.75, 3.05) is 46.1 Å². The first-order valence-corrected chi connectivity index (χ1v) is 27.8. The maximum atomic E-state index is 15.5. The highest BCUT2D eigenvalue weighted by Crippen LogP contribution is 2.52. The molecule has 1 saturated heterocycles. The highest BCUT2D eigenvalue weighted by Gasteiger charge is 2.58. The van der Waals surface area contributed by atoms with Crippen LogP contribution in [0.15, 0.2) is 52.5 Å². The Morgan fingerprint density at radius 1 is 0.887 bits per heavy atom. The minimum Gasteiger partial charge on any atom is -0.507 e. The van der Waals surface area contributed by atoms with Crippen molar-refractivity contribution in [3.05, 3.63) is 69.8 Å². The smallest absolute Gasteiger partial charge is 0.416 e. The molecule has 6 aliphatic rings. The number of aromatic hydroxyl groups is 1. The van der Waals surface area contributed by atoms with E-state index in [0.29, 0.717) is 32.2 Å². The van der Waals surface area contributed by atoms with Crippen LogP contribution in [0.2, 0.25) is 0 Å². The van der Waals surface area contributed by atoms with Crippen LogP contribution in [0.1, 0.15) is 140 Å². The normalized spacial score (nSPS) is 28.5. The van der Waals surface area contributed by atoms with Crippen LogP contribution in [-0.4, -0.2) is 154 Å². The molecule has 21 nitrogen and oxygen atoms in total. The molecule has 1 fully saturated rings. The molecule has 1 spiro atoms. The lowest BCUT2D eigenvalue weighted by atomic mass is 9.72. The number of carbonyl (C=O) groups is 8. The monoisotopic (exact) mass is 1120 g/mol. The summed E-state index contributed by atoms with van der Waals surface area (Å²) in [7, 11) is 0. The van der Waals surface area contributed by atoms with Gasteiger partial charge in [0.2, 0.25) is 12.6 Å². The van der Waals surface area contributed by atoms with Gasteiger partial charge in [0, 0.05) is 80.9 Å². The summed E-state index contributed by atoms with van der Waals surface area (Å²) in [6.07, 6.45) is 5.66. The van der Waals surface area contributed by atoms with Crippen LogP contribution in [0.5, 0.6) is 11.5 Å². The SMILES string of the molecule is CCC(=O)OCOC(=O)N(CCCC(C=O)C=O)CCOC(=O)N1C2=C3NC(=O)/C(C)=C\C=C\[C@H](C)[C@H](O)[C@@H](C)[C@@H](O)[C@@H](C)[C@H](C)[C@H](C)[C@@H](C)/C=C/O[C@@]4(C)Oc5c(C)c(O)c(c(c5C4=O)C2=NC12CCN(CC(C)C)CC2)C3=O. The summed E-state index contributed by atoms with van der Waals surface area (Å²) in [5.74, 6) is -7.94. The number of hydrogen-bond acceptors (Lipinski definition) is 18. The van der Waals surface area contributed by atoms with Gasteiger partial charge in [-0.3, -0.25) is 24.2 Å². The number of phenolic OH excluding ortho intramolecular Hbond substituents is 1. The number of carbonyl (C=O) groups excluding carboxylic acids is 8. The number of amides is 3. The largest absolute Gasteiger partial charge is 0.507 e. The Morgan fingerprint density at radius 3 is 2.20 bits per heavy atom. The van der Waals surface area contributed by atoms with Gasteiger partial charge in [0.05, 0.1) is 47.8 Å². The predicted molar refractivity (Wildman–Crippen MR) is 293 cm³/mol. The number of ether oxygens (including phenoxy) is 5. The number of nitrogens with zero attached hydrogens (tertiary/aromatic N) is 4. The first-order valence-electron chi connectivity index (χ1n) is 27.8. The number of allylic oxidation sites excluding steroid dienone is 5. The molecular weight excluding hydrogens is 1030 g/mol. The van der Waals surface area contributed by atoms with E-state index in [1.807, 2.05) is 27.7 Å². The first-order chi connectivity index (χ1) is 37.8. The van der Waals surface area contributed by atoms with E-state index in [-0.39, 0.29) is 120 Å². The highest BCUT2D eigenvalue weighted by molar-refractivity contribution is 6.35. The lowest BCUT2D eigenvalue weighted by Crippen LogP contribution is -2.55. The number of fused-ring (bicyclic) bond motifs is 13. The summed E-state index contributed by atoms with van der Waals surface area (Å²) >= 11 is 0. The number of Topliss-reactive ketones (excluding diaryl/α,β-unsaturated/α-hetero) is 2. The molecule has 21 heteroatoms. The molecule has 4 N–H and O–H groups in total. The van der Waals surface area contributed by atoms with Gasteiger partial charge in [-0.15, -0.1) is 0 Å². The van der Waals surface area contributed by atoms with Crippen molar-refractivity contribution in [3.63, 3.8) is 0 Å². The summed E-state index contributed by atoms with van der Waals surface area (Å²) < 4.78 is 28.7. The third-order valence-electron chi connectivity index (χ3n) is 16.7. The van der Waals surface area contributed by atoms with E-state index in [4.69, 9.17) is 28.7 Å². The number of nitrogens with one attached hydrogen (secondary N) is 1. The highest BCUT2D eigenvalue weighted by atomic mass is 16.7. The molecular formula is C59H81N5O16. The molecule has 0 unspecified atom stereocenters. The average molecular weight is 1120 g/mol. The van der Waals surface area contributed by atoms with Gasteiger partial charge in [-0.05, 0) is 62.4 Å². The Hall–Kier alpha value is -6.71. The summed E-state index contributed by atoms with van der Waals surface area (Å²) in [5, 5.41) is 38.0. The Balaban J connectivity index is 1.50. The van der Waals surface area contributed by atoms with Gasteiger partial charge in [0.25, 0.3) is 11.7 Å². The quantitative estimate of drug-likeness (QED) is 0.0636. The minimum absolute atomic E-state index is 0.0238. The second-order valence-corrected chi connectivity index (χ2v) is 22.7. The number of aliphatic imine (C=N–C) groups is 1. The molecule has 1 aliphatic carbocycles. The summed E-state index contributed by atoms with van der Waals surface area (Å²) in [6.45, 7) is 21.6. The van der Waals surface area contributed by atoms with Gasteiger partial charge in [-0.1, -0.05) is 80.5 Å². The van der Waals surface area contributed by atoms with Crippen molar-refractivity contribution in [2.45, 2.75) is 139 Å². The van der Waals surface area contributed by atoms with Crippen molar-refractivity contribution in [1.29, 1.82) is 0 Å². The van der Waals surface area contributed by atoms with E-state index in [0.717, 1.165) is 4.90 Å². The third-order valence-corrected chi connectivity index (χ3v) is 16.7. The van der Waals surface area contributed by atoms with Gasteiger partial charge >= 0.3 is 23.9 Å². The van der Waals surface area contributed by atoms with Gasteiger partial charge in [0.15, 0.2) is 0 Å². The van der Waals surface area contributed by atoms with E-state index >= 15 is 14.4 Å². The summed E-state index contributed by atoms with van der Waals surface area (Å²) in [5.41, 5.74) is -2.83. The minimum atomic E-state index is -2.04. The number of aliphatic hydroxyl groups excluding tert-OH is 2.